The van der Waals surface area contributed by atoms with Gasteiger partial charge in [-0.3, -0.25) is 0 Å². The van der Waals surface area contributed by atoms with Crippen LogP contribution in [0.1, 0.15) is 11.3 Å². The van der Waals surface area contributed by atoms with Crippen molar-refractivity contribution in [1.82, 2.24) is 10.3 Å². The zero-order chi connectivity index (χ0) is 16.1. The average Bonchev–Trinajstić information content (AvgIpc) is 2.45. The number of nitrogens with one attached hydrogen (secondary N) is 1. The Bertz CT molecular complexity index is 694. The van der Waals surface area contributed by atoms with Crippen LogP contribution in [0.5, 0.6) is 11.6 Å². The lowest BCUT2D eigenvalue weighted by atomic mass is 10.1. The van der Waals surface area contributed by atoms with Gasteiger partial charge in [0, 0.05) is 28.3 Å². The second kappa shape index (κ2) is 7.22. The van der Waals surface area contributed by atoms with Crippen molar-refractivity contribution in [3.63, 3.8) is 0 Å². The minimum atomic E-state index is -1.15. The Hall–Kier alpha value is -2.15. The number of nitrogens with zero attached hydrogens (tertiary/aromatic N) is 1. The molecular weight excluding hydrogens is 355 g/mol. The molecule has 2 N–H and O–H groups in total. The first-order valence-corrected chi connectivity index (χ1v) is 7.32. The highest BCUT2D eigenvalue weighted by molar-refractivity contribution is 9.10. The fraction of sp³-hybridized carbons (Fsp3) is 0.200. The molecule has 116 valence electrons. The highest BCUT2D eigenvalue weighted by Gasteiger charge is 2.14. The van der Waals surface area contributed by atoms with Crippen LogP contribution in [0.3, 0.4) is 0 Å². The highest BCUT2D eigenvalue weighted by Crippen LogP contribution is 2.30. The van der Waals surface area contributed by atoms with Crippen molar-refractivity contribution in [3.05, 3.63) is 51.9 Å². The number of aryl methyl sites for hydroxylation is 1. The van der Waals surface area contributed by atoms with Crippen LogP contribution in [0.4, 0.5) is 9.18 Å². The van der Waals surface area contributed by atoms with Gasteiger partial charge in [-0.2, -0.15) is 0 Å². The molecule has 22 heavy (non-hydrogen) atoms. The van der Waals surface area contributed by atoms with Gasteiger partial charge in [-0.1, -0.05) is 22.0 Å². The largest absolute Gasteiger partial charge is 0.465 e. The molecule has 1 amide bonds. The Morgan fingerprint density at radius 2 is 2.18 bits per heavy atom. The molecule has 0 aliphatic rings. The number of halogens is 2. The maximum Gasteiger partial charge on any atom is 0.404 e. The van der Waals surface area contributed by atoms with Crippen molar-refractivity contribution in [1.29, 1.82) is 0 Å². The van der Waals surface area contributed by atoms with Crippen LogP contribution in [-0.2, 0) is 6.42 Å². The number of carbonyl (C=O) groups is 1. The lowest BCUT2D eigenvalue weighted by Gasteiger charge is -2.11. The summed E-state index contributed by atoms with van der Waals surface area (Å²) in [5.74, 6) is -0.188. The van der Waals surface area contributed by atoms with Crippen LogP contribution < -0.4 is 10.1 Å². The molecule has 0 fully saturated rings. The Kier molecular flexibility index (Phi) is 5.32. The molecule has 1 heterocycles. The molecule has 0 unspecified atom stereocenters. The summed E-state index contributed by atoms with van der Waals surface area (Å²) in [5.41, 5.74) is 1.11. The van der Waals surface area contributed by atoms with E-state index in [2.05, 4.69) is 26.2 Å². The zero-order valence-electron chi connectivity index (χ0n) is 11.8. The Balaban J connectivity index is 2.20. The van der Waals surface area contributed by atoms with Gasteiger partial charge < -0.3 is 15.2 Å². The molecule has 0 aliphatic heterocycles. The summed E-state index contributed by atoms with van der Waals surface area (Å²) >= 11 is 3.26. The van der Waals surface area contributed by atoms with Gasteiger partial charge in [-0.15, -0.1) is 0 Å². The summed E-state index contributed by atoms with van der Waals surface area (Å²) in [6.45, 7) is 1.92. The molecule has 0 saturated heterocycles. The third-order valence-corrected chi connectivity index (χ3v) is 3.62. The van der Waals surface area contributed by atoms with Crippen molar-refractivity contribution in [3.8, 4) is 11.6 Å². The molecule has 0 saturated carbocycles. The van der Waals surface area contributed by atoms with E-state index in [4.69, 9.17) is 9.84 Å². The van der Waals surface area contributed by atoms with Gasteiger partial charge in [-0.25, -0.2) is 14.2 Å². The fourth-order valence-electron chi connectivity index (χ4n) is 1.87. The van der Waals surface area contributed by atoms with Crippen LogP contribution in [-0.4, -0.2) is 22.7 Å². The quantitative estimate of drug-likeness (QED) is 0.839. The van der Waals surface area contributed by atoms with Crippen molar-refractivity contribution < 1.29 is 19.0 Å². The minimum absolute atomic E-state index is 0.0478. The maximum absolute atomic E-state index is 14.5. The average molecular weight is 369 g/mol. The zero-order valence-corrected chi connectivity index (χ0v) is 13.4. The lowest BCUT2D eigenvalue weighted by molar-refractivity contribution is 0.194. The summed E-state index contributed by atoms with van der Waals surface area (Å²) in [7, 11) is 0. The Morgan fingerprint density at radius 3 is 2.86 bits per heavy atom. The molecule has 0 bridgehead atoms. The van der Waals surface area contributed by atoms with E-state index in [0.717, 1.165) is 5.69 Å². The van der Waals surface area contributed by atoms with Gasteiger partial charge in [0.15, 0.2) is 11.6 Å². The van der Waals surface area contributed by atoms with Gasteiger partial charge in [-0.05, 0) is 31.5 Å². The number of amides is 1. The number of pyridine rings is 1. The molecule has 1 aromatic carbocycles. The summed E-state index contributed by atoms with van der Waals surface area (Å²) in [5, 5.41) is 10.8. The van der Waals surface area contributed by atoms with Crippen LogP contribution in [0.15, 0.2) is 34.8 Å². The van der Waals surface area contributed by atoms with E-state index in [9.17, 15) is 9.18 Å². The summed E-state index contributed by atoms with van der Waals surface area (Å²) in [6.07, 6.45) is -0.940. The number of hydrogen-bond acceptors (Lipinski definition) is 3. The lowest BCUT2D eigenvalue weighted by Crippen LogP contribution is -2.23. The predicted molar refractivity (Wildman–Crippen MR) is 82.9 cm³/mol. The summed E-state index contributed by atoms with van der Waals surface area (Å²) < 4.78 is 20.5. The third kappa shape index (κ3) is 4.17. The standard InChI is InChI=1S/C15H14BrFN2O3/c1-9-3-2-4-13(19-9)22-12-6-5-11(16)10(14(12)17)7-8-18-15(20)21/h2-6,18H,7-8H2,1H3,(H,20,21). The van der Waals surface area contributed by atoms with Crippen LogP contribution in [0.2, 0.25) is 0 Å². The molecular formula is C15H14BrFN2O3. The van der Waals surface area contributed by atoms with E-state index in [1.165, 1.54) is 6.07 Å². The second-order valence-electron chi connectivity index (χ2n) is 4.54. The monoisotopic (exact) mass is 368 g/mol. The molecule has 5 nitrogen and oxygen atoms in total. The third-order valence-electron chi connectivity index (χ3n) is 2.88. The van der Waals surface area contributed by atoms with E-state index in [1.807, 2.05) is 13.0 Å². The Labute approximate surface area is 135 Å². The van der Waals surface area contributed by atoms with Gasteiger partial charge in [0.2, 0.25) is 5.88 Å². The number of hydrogen-bond donors (Lipinski definition) is 2. The number of rotatable bonds is 5. The second-order valence-corrected chi connectivity index (χ2v) is 5.39. The summed E-state index contributed by atoms with van der Waals surface area (Å²) in [4.78, 5) is 14.6. The smallest absolute Gasteiger partial charge is 0.404 e. The number of benzene rings is 1. The highest BCUT2D eigenvalue weighted by atomic mass is 79.9. The summed E-state index contributed by atoms with van der Waals surface area (Å²) in [6, 6.07) is 8.38. The van der Waals surface area contributed by atoms with Crippen LogP contribution in [0, 0.1) is 12.7 Å². The van der Waals surface area contributed by atoms with Gasteiger partial charge in [0.05, 0.1) is 0 Å². The van der Waals surface area contributed by atoms with Gasteiger partial charge in [0.1, 0.15) is 0 Å². The first-order valence-electron chi connectivity index (χ1n) is 6.52. The Morgan fingerprint density at radius 1 is 1.41 bits per heavy atom. The van der Waals surface area contributed by atoms with Crippen molar-refractivity contribution >= 4 is 22.0 Å². The number of carboxylic acid groups (broad SMARTS) is 1. The molecule has 7 heteroatoms. The van der Waals surface area contributed by atoms with E-state index in [-0.39, 0.29) is 18.7 Å². The molecule has 2 aromatic rings. The van der Waals surface area contributed by atoms with E-state index in [0.29, 0.717) is 15.9 Å². The van der Waals surface area contributed by atoms with Gasteiger partial charge >= 0.3 is 6.09 Å². The normalized spacial score (nSPS) is 10.3. The van der Waals surface area contributed by atoms with E-state index >= 15 is 0 Å². The topological polar surface area (TPSA) is 71.5 Å². The maximum atomic E-state index is 14.5. The molecule has 0 spiro atoms. The molecule has 0 atom stereocenters. The minimum Gasteiger partial charge on any atom is -0.465 e. The van der Waals surface area contributed by atoms with Crippen LogP contribution >= 0.6 is 15.9 Å². The van der Waals surface area contributed by atoms with Crippen LogP contribution in [0.25, 0.3) is 0 Å². The first kappa shape index (κ1) is 16.2. The van der Waals surface area contributed by atoms with E-state index < -0.39 is 11.9 Å². The SMILES string of the molecule is Cc1cccc(Oc2ccc(Br)c(CCNC(=O)O)c2F)n1. The van der Waals surface area contributed by atoms with Crippen molar-refractivity contribution in [2.75, 3.05) is 6.54 Å². The first-order chi connectivity index (χ1) is 10.5. The molecule has 0 aliphatic carbocycles. The predicted octanol–water partition coefficient (Wildman–Crippen LogP) is 3.89. The number of aromatic nitrogens is 1. The van der Waals surface area contributed by atoms with Crippen molar-refractivity contribution in [2.45, 2.75) is 13.3 Å². The van der Waals surface area contributed by atoms with Gasteiger partial charge in [0.25, 0.3) is 0 Å². The van der Waals surface area contributed by atoms with E-state index in [1.54, 1.807) is 18.2 Å². The van der Waals surface area contributed by atoms with Crippen molar-refractivity contribution in [2.24, 2.45) is 0 Å². The number of ether oxygens (including phenoxy) is 1. The molecule has 2 rings (SSSR count). The molecule has 0 radical (unpaired) electrons. The fourth-order valence-corrected chi connectivity index (χ4v) is 2.37. The molecule has 1 aromatic heterocycles.